The topological polar surface area (TPSA) is 42.9 Å². The molecule has 122 valence electrons. The third-order valence-electron chi connectivity index (χ3n) is 4.55. The first-order valence-corrected chi connectivity index (χ1v) is 8.74. The number of rotatable bonds is 8. The van der Waals surface area contributed by atoms with Crippen molar-refractivity contribution < 1.29 is 0 Å². The highest BCUT2D eigenvalue weighted by atomic mass is 15.2. The summed E-state index contributed by atoms with van der Waals surface area (Å²) in [5, 5.41) is 6.87. The molecule has 1 saturated heterocycles. The monoisotopic (exact) mass is 295 g/mol. The molecular formula is C16H33N5. The normalized spacial score (nSPS) is 20.8. The number of likely N-dealkylation sites (tertiary alicyclic amines) is 1. The van der Waals surface area contributed by atoms with E-state index in [1.165, 1.54) is 45.2 Å². The highest BCUT2D eigenvalue weighted by Gasteiger charge is 2.27. The predicted octanol–water partition coefficient (Wildman–Crippen LogP) is 1.12. The smallest absolute Gasteiger partial charge is 0.191 e. The summed E-state index contributed by atoms with van der Waals surface area (Å²) in [6, 6.07) is 0.853. The van der Waals surface area contributed by atoms with Crippen LogP contribution in [0.1, 0.15) is 39.0 Å². The van der Waals surface area contributed by atoms with E-state index in [0.29, 0.717) is 0 Å². The number of likely N-dealkylation sites (N-methyl/N-ethyl adjacent to an activating group) is 1. The van der Waals surface area contributed by atoms with Crippen LogP contribution in [0.4, 0.5) is 0 Å². The van der Waals surface area contributed by atoms with Crippen LogP contribution >= 0.6 is 0 Å². The fraction of sp³-hybridized carbons (Fsp3) is 0.938. The average Bonchev–Trinajstić information content (AvgIpc) is 3.35. The van der Waals surface area contributed by atoms with Gasteiger partial charge in [0.25, 0.3) is 0 Å². The van der Waals surface area contributed by atoms with Crippen LogP contribution < -0.4 is 10.6 Å². The van der Waals surface area contributed by atoms with Crippen LogP contribution in [0, 0.1) is 0 Å². The molecule has 0 aromatic carbocycles. The molecule has 0 bridgehead atoms. The molecule has 2 aliphatic rings. The second-order valence-electron chi connectivity index (χ2n) is 6.19. The summed E-state index contributed by atoms with van der Waals surface area (Å²) in [7, 11) is 1.86. The molecule has 2 rings (SSSR count). The van der Waals surface area contributed by atoms with Crippen LogP contribution in [0.2, 0.25) is 0 Å². The molecule has 2 N–H and O–H groups in total. The summed E-state index contributed by atoms with van der Waals surface area (Å²) >= 11 is 0. The molecule has 0 radical (unpaired) electrons. The van der Waals surface area contributed by atoms with Gasteiger partial charge in [-0.25, -0.2) is 0 Å². The quantitative estimate of drug-likeness (QED) is 0.520. The first-order valence-electron chi connectivity index (χ1n) is 8.74. The Labute approximate surface area is 130 Å². The zero-order chi connectivity index (χ0) is 14.9. The molecule has 0 atom stereocenters. The molecule has 5 heteroatoms. The number of piperidine rings is 1. The van der Waals surface area contributed by atoms with Crippen molar-refractivity contribution in [2.75, 3.05) is 52.9 Å². The van der Waals surface area contributed by atoms with E-state index in [1.807, 2.05) is 7.05 Å². The van der Waals surface area contributed by atoms with Gasteiger partial charge in [0.15, 0.2) is 5.96 Å². The summed E-state index contributed by atoms with van der Waals surface area (Å²) in [5.74, 6) is 0.943. The van der Waals surface area contributed by atoms with E-state index >= 15 is 0 Å². The maximum Gasteiger partial charge on any atom is 0.191 e. The van der Waals surface area contributed by atoms with Gasteiger partial charge < -0.3 is 15.5 Å². The summed E-state index contributed by atoms with van der Waals surface area (Å²) in [6.07, 6.45) is 6.90. The Hall–Kier alpha value is -0.810. The molecule has 2 fully saturated rings. The molecule has 1 heterocycles. The molecule has 0 aromatic heterocycles. The van der Waals surface area contributed by atoms with Crippen LogP contribution in [0.5, 0.6) is 0 Å². The van der Waals surface area contributed by atoms with Gasteiger partial charge in [-0.15, -0.1) is 0 Å². The van der Waals surface area contributed by atoms with Crippen molar-refractivity contribution in [3.63, 3.8) is 0 Å². The fourth-order valence-electron chi connectivity index (χ4n) is 3.09. The maximum atomic E-state index is 4.31. The van der Waals surface area contributed by atoms with E-state index < -0.39 is 0 Å². The SMILES string of the molecule is CCN(CCNC(=NC)NCCN1CCCCC1)C1CC1. The van der Waals surface area contributed by atoms with Gasteiger partial charge in [-0.1, -0.05) is 13.3 Å². The number of guanidine groups is 1. The van der Waals surface area contributed by atoms with Crippen LogP contribution in [-0.4, -0.2) is 74.7 Å². The second kappa shape index (κ2) is 9.26. The van der Waals surface area contributed by atoms with E-state index in [0.717, 1.165) is 44.7 Å². The van der Waals surface area contributed by atoms with E-state index in [4.69, 9.17) is 0 Å². The lowest BCUT2D eigenvalue weighted by atomic mass is 10.1. The Morgan fingerprint density at radius 3 is 2.48 bits per heavy atom. The Bertz CT molecular complexity index is 308. The molecular weight excluding hydrogens is 262 g/mol. The summed E-state index contributed by atoms with van der Waals surface area (Å²) in [4.78, 5) is 9.43. The minimum atomic E-state index is 0.853. The maximum absolute atomic E-state index is 4.31. The predicted molar refractivity (Wildman–Crippen MR) is 89.9 cm³/mol. The van der Waals surface area contributed by atoms with Gasteiger partial charge in [-0.3, -0.25) is 9.89 Å². The van der Waals surface area contributed by atoms with Crippen LogP contribution in [0.25, 0.3) is 0 Å². The van der Waals surface area contributed by atoms with Crippen LogP contribution in [0.3, 0.4) is 0 Å². The van der Waals surface area contributed by atoms with Crippen LogP contribution in [-0.2, 0) is 0 Å². The lowest BCUT2D eigenvalue weighted by Gasteiger charge is -2.26. The van der Waals surface area contributed by atoms with Crippen molar-refractivity contribution in [1.29, 1.82) is 0 Å². The molecule has 21 heavy (non-hydrogen) atoms. The van der Waals surface area contributed by atoms with Crippen molar-refractivity contribution in [2.45, 2.75) is 45.1 Å². The van der Waals surface area contributed by atoms with Crippen molar-refractivity contribution >= 4 is 5.96 Å². The standard InChI is InChI=1S/C16H33N5/c1-3-21(15-7-8-15)14-10-19-16(17-2)18-9-13-20-11-5-4-6-12-20/h15H,3-14H2,1-2H3,(H2,17,18,19). The fourth-order valence-corrected chi connectivity index (χ4v) is 3.09. The average molecular weight is 295 g/mol. The highest BCUT2D eigenvalue weighted by Crippen LogP contribution is 2.25. The number of hydrogen-bond donors (Lipinski definition) is 2. The third-order valence-corrected chi connectivity index (χ3v) is 4.55. The van der Waals surface area contributed by atoms with Gasteiger partial charge in [-0.2, -0.15) is 0 Å². The number of hydrogen-bond acceptors (Lipinski definition) is 3. The van der Waals surface area contributed by atoms with Crippen LogP contribution in [0.15, 0.2) is 4.99 Å². The Morgan fingerprint density at radius 2 is 1.86 bits per heavy atom. The summed E-state index contributed by atoms with van der Waals surface area (Å²) in [6.45, 7) is 10.2. The van der Waals surface area contributed by atoms with Crippen molar-refractivity contribution in [3.8, 4) is 0 Å². The number of nitrogens with one attached hydrogen (secondary N) is 2. The molecule has 0 spiro atoms. The molecule has 1 aliphatic heterocycles. The molecule has 0 aromatic rings. The van der Waals surface area contributed by atoms with Crippen molar-refractivity contribution in [2.24, 2.45) is 4.99 Å². The molecule has 5 nitrogen and oxygen atoms in total. The van der Waals surface area contributed by atoms with E-state index in [-0.39, 0.29) is 0 Å². The zero-order valence-electron chi connectivity index (χ0n) is 13.9. The second-order valence-corrected chi connectivity index (χ2v) is 6.19. The first-order chi connectivity index (χ1) is 10.3. The van der Waals surface area contributed by atoms with E-state index in [9.17, 15) is 0 Å². The van der Waals surface area contributed by atoms with Gasteiger partial charge in [0, 0.05) is 39.3 Å². The lowest BCUT2D eigenvalue weighted by Crippen LogP contribution is -2.45. The molecule has 1 saturated carbocycles. The van der Waals surface area contributed by atoms with Gasteiger partial charge in [0.2, 0.25) is 0 Å². The zero-order valence-corrected chi connectivity index (χ0v) is 13.9. The minimum absolute atomic E-state index is 0.853. The molecule has 0 unspecified atom stereocenters. The highest BCUT2D eigenvalue weighted by molar-refractivity contribution is 5.79. The minimum Gasteiger partial charge on any atom is -0.355 e. The summed E-state index contributed by atoms with van der Waals surface area (Å²) in [5.41, 5.74) is 0. The number of nitrogens with zero attached hydrogens (tertiary/aromatic N) is 3. The van der Waals surface area contributed by atoms with Crippen molar-refractivity contribution in [3.05, 3.63) is 0 Å². The lowest BCUT2D eigenvalue weighted by molar-refractivity contribution is 0.232. The largest absolute Gasteiger partial charge is 0.355 e. The van der Waals surface area contributed by atoms with Gasteiger partial charge in [-0.05, 0) is 45.3 Å². The van der Waals surface area contributed by atoms with Gasteiger partial charge >= 0.3 is 0 Å². The van der Waals surface area contributed by atoms with Gasteiger partial charge in [0.1, 0.15) is 0 Å². The first kappa shape index (κ1) is 16.6. The van der Waals surface area contributed by atoms with Gasteiger partial charge in [0.05, 0.1) is 0 Å². The Kier molecular flexibility index (Phi) is 7.30. The Balaban J connectivity index is 1.54. The molecule has 0 amide bonds. The number of aliphatic imine (C=N–C) groups is 1. The third kappa shape index (κ3) is 6.22. The van der Waals surface area contributed by atoms with E-state index in [1.54, 1.807) is 0 Å². The molecule has 1 aliphatic carbocycles. The Morgan fingerprint density at radius 1 is 1.14 bits per heavy atom. The summed E-state index contributed by atoms with van der Waals surface area (Å²) < 4.78 is 0. The van der Waals surface area contributed by atoms with Crippen molar-refractivity contribution in [1.82, 2.24) is 20.4 Å². The van der Waals surface area contributed by atoms with E-state index in [2.05, 4.69) is 32.3 Å².